The molecular weight excluding hydrogens is 533 g/mol. The van der Waals surface area contributed by atoms with Gasteiger partial charge in [0, 0.05) is 41.3 Å². The lowest BCUT2D eigenvalue weighted by atomic mass is 10.1. The number of sulfone groups is 1. The summed E-state index contributed by atoms with van der Waals surface area (Å²) in [4.78, 5) is 17.0. The van der Waals surface area contributed by atoms with Gasteiger partial charge in [-0.25, -0.2) is 8.42 Å². The number of hydrogen-bond acceptors (Lipinski definition) is 6. The van der Waals surface area contributed by atoms with E-state index in [0.717, 1.165) is 12.1 Å². The van der Waals surface area contributed by atoms with Crippen LogP contribution in [0, 0.1) is 0 Å². The number of hydrogen-bond donors (Lipinski definition) is 1. The number of nitrogens with one attached hydrogen (secondary N) is 1. The van der Waals surface area contributed by atoms with Gasteiger partial charge in [0.2, 0.25) is 5.91 Å². The van der Waals surface area contributed by atoms with Crippen LogP contribution in [0.2, 0.25) is 0 Å². The Kier molecular flexibility index (Phi) is 8.20. The molecule has 0 aliphatic carbocycles. The van der Waals surface area contributed by atoms with Gasteiger partial charge >= 0.3 is 6.36 Å². The van der Waals surface area contributed by atoms with Crippen LogP contribution in [0.25, 0.3) is 11.1 Å². The number of carbonyl (C=O) groups is 1. The van der Waals surface area contributed by atoms with Gasteiger partial charge in [-0.15, -0.1) is 13.2 Å². The van der Waals surface area contributed by atoms with Gasteiger partial charge in [0.25, 0.3) is 0 Å². The van der Waals surface area contributed by atoms with Crippen molar-refractivity contribution in [3.8, 4) is 28.4 Å². The lowest BCUT2D eigenvalue weighted by Gasteiger charge is -2.15. The number of nitrogens with zero attached hydrogens (tertiary/aromatic N) is 1. The predicted molar refractivity (Wildman–Crippen MR) is 139 cm³/mol. The minimum atomic E-state index is -4.85. The molecular formula is C28H23F3N2O5S. The number of carbonyl (C=O) groups excluding carboxylic acids is 1. The Morgan fingerprint density at radius 2 is 1.69 bits per heavy atom. The number of aromatic nitrogens is 1. The summed E-state index contributed by atoms with van der Waals surface area (Å²) in [5, 5.41) is 2.77. The summed E-state index contributed by atoms with van der Waals surface area (Å²) < 4.78 is 71.9. The number of anilines is 1. The van der Waals surface area contributed by atoms with Crippen LogP contribution in [0.15, 0.2) is 96.2 Å². The van der Waals surface area contributed by atoms with Gasteiger partial charge in [-0.2, -0.15) is 0 Å². The van der Waals surface area contributed by atoms with Gasteiger partial charge in [-0.3, -0.25) is 9.78 Å². The minimum absolute atomic E-state index is 0.0101. The molecule has 4 aromatic rings. The fraction of sp³-hybridized carbons (Fsp3) is 0.143. The number of alkyl halides is 3. The van der Waals surface area contributed by atoms with Gasteiger partial charge in [0.05, 0.1) is 17.1 Å². The molecule has 4 rings (SSSR count). The van der Waals surface area contributed by atoms with Crippen molar-refractivity contribution < 1.29 is 35.9 Å². The summed E-state index contributed by atoms with van der Waals surface area (Å²) in [6.07, 6.45) is -1.66. The molecule has 11 heteroatoms. The van der Waals surface area contributed by atoms with E-state index in [9.17, 15) is 26.4 Å². The molecule has 0 unspecified atom stereocenters. The first-order valence-corrected chi connectivity index (χ1v) is 13.4. The van der Waals surface area contributed by atoms with Crippen LogP contribution in [-0.4, -0.2) is 31.4 Å². The predicted octanol–water partition coefficient (Wildman–Crippen LogP) is 6.41. The quantitative estimate of drug-likeness (QED) is 0.256. The summed E-state index contributed by atoms with van der Waals surface area (Å²) >= 11 is 0. The molecule has 1 heterocycles. The molecule has 202 valence electrons. The zero-order valence-electron chi connectivity index (χ0n) is 20.6. The van der Waals surface area contributed by atoms with Crippen LogP contribution in [0.4, 0.5) is 18.9 Å². The van der Waals surface area contributed by atoms with Crippen LogP contribution in [0.5, 0.6) is 17.2 Å². The molecule has 1 amide bonds. The number of amides is 1. The number of benzene rings is 3. The third kappa shape index (κ3) is 7.57. The molecule has 0 radical (unpaired) electrons. The average Bonchev–Trinajstić information content (AvgIpc) is 2.89. The van der Waals surface area contributed by atoms with Crippen LogP contribution >= 0.6 is 0 Å². The molecule has 0 bridgehead atoms. The first kappa shape index (κ1) is 27.6. The smallest absolute Gasteiger partial charge is 0.457 e. The average molecular weight is 557 g/mol. The molecule has 0 fully saturated rings. The summed E-state index contributed by atoms with van der Waals surface area (Å²) in [7, 11) is -3.34. The Hall–Kier alpha value is -4.38. The first-order chi connectivity index (χ1) is 18.5. The number of halogens is 3. The van der Waals surface area contributed by atoms with E-state index < -0.39 is 21.9 Å². The molecule has 39 heavy (non-hydrogen) atoms. The number of rotatable bonds is 9. The van der Waals surface area contributed by atoms with Crippen LogP contribution in [0.3, 0.4) is 0 Å². The fourth-order valence-corrected chi connectivity index (χ4v) is 4.56. The topological polar surface area (TPSA) is 94.6 Å². The van der Waals surface area contributed by atoms with E-state index in [1.54, 1.807) is 61.8 Å². The van der Waals surface area contributed by atoms with Crippen molar-refractivity contribution in [1.29, 1.82) is 0 Å². The first-order valence-electron chi connectivity index (χ1n) is 11.7. The molecule has 7 nitrogen and oxygen atoms in total. The van der Waals surface area contributed by atoms with Crippen LogP contribution in [-0.2, 0) is 21.1 Å². The van der Waals surface area contributed by atoms with Gasteiger partial charge in [-0.05, 0) is 48.0 Å². The molecule has 0 spiro atoms. The largest absolute Gasteiger partial charge is 0.573 e. The Bertz CT molecular complexity index is 1560. The van der Waals surface area contributed by atoms with Crippen LogP contribution < -0.4 is 14.8 Å². The van der Waals surface area contributed by atoms with E-state index in [-0.39, 0.29) is 34.5 Å². The van der Waals surface area contributed by atoms with E-state index in [0.29, 0.717) is 22.4 Å². The highest BCUT2D eigenvalue weighted by molar-refractivity contribution is 7.91. The third-order valence-electron chi connectivity index (χ3n) is 5.53. The molecule has 1 N–H and O–H groups in total. The zero-order valence-corrected chi connectivity index (χ0v) is 21.4. The second kappa shape index (κ2) is 11.6. The van der Waals surface area contributed by atoms with E-state index >= 15 is 0 Å². The number of pyridine rings is 1. The zero-order chi connectivity index (χ0) is 28.0. The third-order valence-corrected chi connectivity index (χ3v) is 7.28. The standard InChI is InChI=1S/C28H23F3N2O5S/c1-2-39(35,36)24-11-8-19(9-12-24)15-27(34)33-21-10-13-25(20-5-4-14-32-18-20)26(16-21)37-22-6-3-7-23(17-22)38-28(29,30)31/h3-14,16-18H,2,15H2,1H3,(H,33,34). The van der Waals surface area contributed by atoms with Crippen LogP contribution in [0.1, 0.15) is 12.5 Å². The molecule has 0 saturated carbocycles. The maximum absolute atomic E-state index is 12.7. The monoisotopic (exact) mass is 556 g/mol. The molecule has 3 aromatic carbocycles. The molecule has 0 atom stereocenters. The van der Waals surface area contributed by atoms with Gasteiger partial charge < -0.3 is 14.8 Å². The molecule has 1 aromatic heterocycles. The van der Waals surface area contributed by atoms with E-state index in [1.165, 1.54) is 24.3 Å². The fourth-order valence-electron chi connectivity index (χ4n) is 3.68. The molecule has 0 aliphatic rings. The van der Waals surface area contributed by atoms with Crippen molar-refractivity contribution in [1.82, 2.24) is 4.98 Å². The van der Waals surface area contributed by atoms with E-state index in [2.05, 4.69) is 15.0 Å². The van der Waals surface area contributed by atoms with Gasteiger partial charge in [0.1, 0.15) is 17.2 Å². The SMILES string of the molecule is CCS(=O)(=O)c1ccc(CC(=O)Nc2ccc(-c3cccnc3)c(Oc3cccc(OC(F)(F)F)c3)c2)cc1. The van der Waals surface area contributed by atoms with Crippen molar-refractivity contribution >= 4 is 21.4 Å². The van der Waals surface area contributed by atoms with Crippen molar-refractivity contribution in [2.75, 3.05) is 11.1 Å². The second-order valence-electron chi connectivity index (χ2n) is 8.35. The Balaban J connectivity index is 1.56. The Morgan fingerprint density at radius 1 is 0.949 bits per heavy atom. The van der Waals surface area contributed by atoms with Crippen molar-refractivity contribution in [2.45, 2.75) is 24.6 Å². The highest BCUT2D eigenvalue weighted by Gasteiger charge is 2.31. The summed E-state index contributed by atoms with van der Waals surface area (Å²) in [5.41, 5.74) is 2.29. The lowest BCUT2D eigenvalue weighted by Crippen LogP contribution is -2.17. The lowest BCUT2D eigenvalue weighted by molar-refractivity contribution is -0.274. The van der Waals surface area contributed by atoms with Crippen molar-refractivity contribution in [2.24, 2.45) is 0 Å². The Morgan fingerprint density at radius 3 is 2.36 bits per heavy atom. The summed E-state index contributed by atoms with van der Waals surface area (Å²) in [6, 6.07) is 19.6. The maximum Gasteiger partial charge on any atom is 0.573 e. The Labute approximate surface area is 223 Å². The highest BCUT2D eigenvalue weighted by atomic mass is 32.2. The van der Waals surface area contributed by atoms with Crippen molar-refractivity contribution in [3.63, 3.8) is 0 Å². The molecule has 0 aliphatic heterocycles. The normalized spacial score (nSPS) is 11.6. The highest BCUT2D eigenvalue weighted by Crippen LogP contribution is 2.37. The van der Waals surface area contributed by atoms with E-state index in [4.69, 9.17) is 4.74 Å². The minimum Gasteiger partial charge on any atom is -0.457 e. The van der Waals surface area contributed by atoms with E-state index in [1.807, 2.05) is 0 Å². The summed E-state index contributed by atoms with van der Waals surface area (Å²) in [6.45, 7) is 1.56. The van der Waals surface area contributed by atoms with Crippen molar-refractivity contribution in [3.05, 3.63) is 96.8 Å². The maximum atomic E-state index is 12.7. The van der Waals surface area contributed by atoms with Gasteiger partial charge in [-0.1, -0.05) is 31.2 Å². The summed E-state index contributed by atoms with van der Waals surface area (Å²) in [5.74, 6) is -0.468. The number of ether oxygens (including phenoxy) is 2. The molecule has 0 saturated heterocycles. The second-order valence-corrected chi connectivity index (χ2v) is 10.6. The van der Waals surface area contributed by atoms with Gasteiger partial charge in [0.15, 0.2) is 9.84 Å².